The molecule has 5 rings (SSSR count). The molecule has 4 bridgehead atoms. The van der Waals surface area contributed by atoms with Crippen molar-refractivity contribution in [3.8, 4) is 0 Å². The van der Waals surface area contributed by atoms with Crippen LogP contribution in [-0.4, -0.2) is 48.1 Å². The lowest BCUT2D eigenvalue weighted by Gasteiger charge is -2.59. The fourth-order valence-corrected chi connectivity index (χ4v) is 7.94. The van der Waals surface area contributed by atoms with Crippen molar-refractivity contribution in [1.82, 2.24) is 9.62 Å². The molecule has 0 aromatic heterocycles. The quantitative estimate of drug-likeness (QED) is 0.450. The summed E-state index contributed by atoms with van der Waals surface area (Å²) in [6.45, 7) is 2.96. The molecule has 11 heteroatoms. The molecule has 4 fully saturated rings. The van der Waals surface area contributed by atoms with Gasteiger partial charge in [0.15, 0.2) is 4.90 Å². The van der Waals surface area contributed by atoms with Crippen LogP contribution in [0.5, 0.6) is 0 Å². The molecule has 3 N–H and O–H groups in total. The summed E-state index contributed by atoms with van der Waals surface area (Å²) in [5, 5.41) is 14.4. The van der Waals surface area contributed by atoms with Crippen LogP contribution in [0.15, 0.2) is 29.2 Å². The molecule has 180 valence electrons. The Balaban J connectivity index is 1.55. The number of hydrogen-bond donors (Lipinski definition) is 2. The lowest BCUT2D eigenvalue weighted by molar-refractivity contribution is -0.387. The standard InChI is InChI=1S/C22H30N4O6S/c1-21(2,25(3)33(31,32)17-7-5-4-6-16(17)26(29)30)20(28)24-18-14-8-13-9-15(18)12-22(10-13,11-14)19(23)27/h4-7,13-15,18H,8-12H2,1-3H3,(H2,23,27)(H,24,28). The predicted octanol–water partition coefficient (Wildman–Crippen LogP) is 1.79. The average molecular weight is 479 g/mol. The fraction of sp³-hybridized carbons (Fsp3) is 0.636. The Morgan fingerprint density at radius 1 is 1.18 bits per heavy atom. The van der Waals surface area contributed by atoms with E-state index in [1.165, 1.54) is 39.1 Å². The van der Waals surface area contributed by atoms with Gasteiger partial charge in [0.2, 0.25) is 11.8 Å². The number of benzene rings is 1. The number of nitro benzene ring substituents is 1. The van der Waals surface area contributed by atoms with E-state index in [4.69, 9.17) is 5.73 Å². The van der Waals surface area contributed by atoms with Crippen molar-refractivity contribution in [1.29, 1.82) is 0 Å². The van der Waals surface area contributed by atoms with Gasteiger partial charge in [-0.3, -0.25) is 19.7 Å². The van der Waals surface area contributed by atoms with Gasteiger partial charge in [0.05, 0.1) is 4.92 Å². The summed E-state index contributed by atoms with van der Waals surface area (Å²) in [6.07, 6.45) is 3.94. The third-order valence-electron chi connectivity index (χ3n) is 8.14. The number of rotatable bonds is 7. The van der Waals surface area contributed by atoms with E-state index in [0.717, 1.165) is 29.6 Å². The number of nitrogens with two attached hydrogens (primary N) is 1. The van der Waals surface area contributed by atoms with Gasteiger partial charge in [0, 0.05) is 24.6 Å². The number of sulfonamides is 1. The Bertz CT molecular complexity index is 1100. The molecule has 1 aromatic rings. The number of nitro groups is 1. The second-order valence-electron chi connectivity index (χ2n) is 10.4. The Morgan fingerprint density at radius 2 is 1.76 bits per heavy atom. The number of primary amides is 1. The van der Waals surface area contributed by atoms with E-state index >= 15 is 0 Å². The Labute approximate surface area is 193 Å². The first kappa shape index (κ1) is 23.6. The number of nitrogens with one attached hydrogen (secondary N) is 1. The van der Waals surface area contributed by atoms with Crippen molar-refractivity contribution >= 4 is 27.5 Å². The van der Waals surface area contributed by atoms with Crippen molar-refractivity contribution in [2.24, 2.45) is 28.9 Å². The van der Waals surface area contributed by atoms with E-state index < -0.39 is 42.4 Å². The van der Waals surface area contributed by atoms with Gasteiger partial charge in [0.1, 0.15) is 5.54 Å². The summed E-state index contributed by atoms with van der Waals surface area (Å²) < 4.78 is 27.4. The van der Waals surface area contributed by atoms with E-state index in [2.05, 4.69) is 5.32 Å². The first-order valence-corrected chi connectivity index (χ1v) is 12.6. The van der Waals surface area contributed by atoms with Gasteiger partial charge in [-0.25, -0.2) is 8.42 Å². The molecule has 0 radical (unpaired) electrons. The third-order valence-corrected chi connectivity index (χ3v) is 10.2. The van der Waals surface area contributed by atoms with E-state index in [-0.39, 0.29) is 23.8 Å². The van der Waals surface area contributed by atoms with E-state index in [1.54, 1.807) is 0 Å². The smallest absolute Gasteiger partial charge is 0.289 e. The topological polar surface area (TPSA) is 153 Å². The van der Waals surface area contributed by atoms with Crippen molar-refractivity contribution in [2.75, 3.05) is 7.05 Å². The highest BCUT2D eigenvalue weighted by atomic mass is 32.2. The third kappa shape index (κ3) is 3.71. The molecule has 4 aliphatic rings. The summed E-state index contributed by atoms with van der Waals surface area (Å²) in [5.74, 6) is -0.0564. The number of carbonyl (C=O) groups excluding carboxylic acids is 2. The maximum absolute atomic E-state index is 13.4. The molecule has 1 aromatic carbocycles. The van der Waals surface area contributed by atoms with Crippen LogP contribution in [0.3, 0.4) is 0 Å². The summed E-state index contributed by atoms with van der Waals surface area (Å²) in [5.41, 5.74) is 3.21. The van der Waals surface area contributed by atoms with Crippen LogP contribution in [0.1, 0.15) is 46.0 Å². The van der Waals surface area contributed by atoms with Crippen LogP contribution in [0.2, 0.25) is 0 Å². The van der Waals surface area contributed by atoms with Crippen LogP contribution in [-0.2, 0) is 19.6 Å². The summed E-state index contributed by atoms with van der Waals surface area (Å²) in [6, 6.07) is 4.93. The highest BCUT2D eigenvalue weighted by Gasteiger charge is 2.58. The van der Waals surface area contributed by atoms with Crippen LogP contribution < -0.4 is 11.1 Å². The largest absolute Gasteiger partial charge is 0.369 e. The molecule has 2 amide bonds. The average Bonchev–Trinajstić information content (AvgIpc) is 2.74. The Morgan fingerprint density at radius 3 is 2.30 bits per heavy atom. The van der Waals surface area contributed by atoms with Crippen molar-refractivity contribution < 1.29 is 22.9 Å². The second kappa shape index (κ2) is 7.76. The lowest BCUT2D eigenvalue weighted by Crippen LogP contribution is -2.65. The van der Waals surface area contributed by atoms with Crippen molar-refractivity contribution in [3.63, 3.8) is 0 Å². The zero-order valence-corrected chi connectivity index (χ0v) is 19.8. The van der Waals surface area contributed by atoms with Crippen LogP contribution in [0.4, 0.5) is 5.69 Å². The van der Waals surface area contributed by atoms with Gasteiger partial charge in [-0.15, -0.1) is 0 Å². The highest BCUT2D eigenvalue weighted by molar-refractivity contribution is 7.89. The summed E-state index contributed by atoms with van der Waals surface area (Å²) in [7, 11) is -3.08. The van der Waals surface area contributed by atoms with Crippen molar-refractivity contribution in [3.05, 3.63) is 34.4 Å². The van der Waals surface area contributed by atoms with Gasteiger partial charge in [-0.1, -0.05) is 12.1 Å². The zero-order chi connectivity index (χ0) is 24.3. The molecule has 33 heavy (non-hydrogen) atoms. The van der Waals surface area contributed by atoms with Crippen LogP contribution >= 0.6 is 0 Å². The minimum Gasteiger partial charge on any atom is -0.369 e. The first-order valence-electron chi connectivity index (χ1n) is 11.1. The van der Waals surface area contributed by atoms with Gasteiger partial charge < -0.3 is 11.1 Å². The number of para-hydroxylation sites is 1. The second-order valence-corrected chi connectivity index (χ2v) is 12.3. The maximum Gasteiger partial charge on any atom is 0.289 e. The van der Waals surface area contributed by atoms with Gasteiger partial charge in [-0.05, 0) is 69.8 Å². The maximum atomic E-state index is 13.4. The van der Waals surface area contributed by atoms with E-state index in [0.29, 0.717) is 18.8 Å². The summed E-state index contributed by atoms with van der Waals surface area (Å²) >= 11 is 0. The molecule has 2 unspecified atom stereocenters. The van der Waals surface area contributed by atoms with Gasteiger partial charge in [-0.2, -0.15) is 4.31 Å². The van der Waals surface area contributed by atoms with Crippen LogP contribution in [0.25, 0.3) is 0 Å². The Kier molecular flexibility index (Phi) is 5.56. The SMILES string of the molecule is CN(C(C)(C)C(=O)NC1C2CC3CC1CC(C(N)=O)(C3)C2)S(=O)(=O)c1ccccc1[N+](=O)[O-]. The number of nitrogens with zero attached hydrogens (tertiary/aromatic N) is 2. The minimum atomic E-state index is -4.33. The predicted molar refractivity (Wildman–Crippen MR) is 119 cm³/mol. The molecule has 0 spiro atoms. The van der Waals surface area contributed by atoms with Crippen LogP contribution in [0, 0.1) is 33.3 Å². The van der Waals surface area contributed by atoms with E-state index in [9.17, 15) is 28.1 Å². The van der Waals surface area contributed by atoms with Gasteiger partial charge >= 0.3 is 0 Å². The van der Waals surface area contributed by atoms with E-state index in [1.807, 2.05) is 0 Å². The number of carbonyl (C=O) groups is 2. The molecular formula is C22H30N4O6S. The Hall–Kier alpha value is -2.53. The minimum absolute atomic E-state index is 0.126. The van der Waals surface area contributed by atoms with Gasteiger partial charge in [0.25, 0.3) is 15.7 Å². The monoisotopic (exact) mass is 478 g/mol. The number of likely N-dealkylation sites (N-methyl/N-ethyl adjacent to an activating group) is 1. The normalized spacial score (nSPS) is 30.9. The first-order chi connectivity index (χ1) is 15.3. The van der Waals surface area contributed by atoms with Crippen molar-refractivity contribution in [2.45, 2.75) is 62.4 Å². The molecule has 4 saturated carbocycles. The number of hydrogen-bond acceptors (Lipinski definition) is 6. The molecular weight excluding hydrogens is 448 g/mol. The molecule has 2 atom stereocenters. The summed E-state index contributed by atoms with van der Waals surface area (Å²) in [4.78, 5) is 35.7. The molecule has 10 nitrogen and oxygen atoms in total. The highest BCUT2D eigenvalue weighted by Crippen LogP contribution is 2.60. The number of amides is 2. The molecule has 4 aliphatic carbocycles. The zero-order valence-electron chi connectivity index (χ0n) is 19.0. The molecule has 0 saturated heterocycles. The fourth-order valence-electron chi connectivity index (χ4n) is 6.31. The lowest BCUT2D eigenvalue weighted by atomic mass is 9.47. The molecule has 0 aliphatic heterocycles. The molecule has 0 heterocycles.